The molecule has 1 atom stereocenters. The lowest BCUT2D eigenvalue weighted by molar-refractivity contribution is 0.246. The molecule has 0 aliphatic heterocycles. The molecule has 2 N–H and O–H groups in total. The van der Waals surface area contributed by atoms with Crippen molar-refractivity contribution in [1.82, 2.24) is 5.32 Å². The van der Waals surface area contributed by atoms with E-state index in [0.717, 1.165) is 12.1 Å². The molecule has 0 fully saturated rings. The summed E-state index contributed by atoms with van der Waals surface area (Å²) in [5.41, 5.74) is 2.39. The molecule has 1 unspecified atom stereocenters. The molecule has 72 valence electrons. The van der Waals surface area contributed by atoms with Gasteiger partial charge in [0.2, 0.25) is 0 Å². The van der Waals surface area contributed by atoms with Gasteiger partial charge in [0.25, 0.3) is 0 Å². The maximum Gasteiger partial charge on any atom is 0.0626 e. The van der Waals surface area contributed by atoms with Gasteiger partial charge in [-0.3, -0.25) is 0 Å². The van der Waals surface area contributed by atoms with Gasteiger partial charge in [-0.05, 0) is 19.0 Å². The van der Waals surface area contributed by atoms with Crippen LogP contribution in [0.1, 0.15) is 24.1 Å². The van der Waals surface area contributed by atoms with E-state index in [0.29, 0.717) is 0 Å². The summed E-state index contributed by atoms with van der Waals surface area (Å²) in [6, 6.07) is 8.29. The Hall–Kier alpha value is -0.860. The van der Waals surface area contributed by atoms with Gasteiger partial charge in [-0.2, -0.15) is 0 Å². The Labute approximate surface area is 79.6 Å². The van der Waals surface area contributed by atoms with Crippen LogP contribution in [0.25, 0.3) is 0 Å². The van der Waals surface area contributed by atoms with E-state index in [1.165, 1.54) is 5.56 Å². The highest BCUT2D eigenvalue weighted by Crippen LogP contribution is 2.13. The van der Waals surface area contributed by atoms with Crippen molar-refractivity contribution in [2.24, 2.45) is 0 Å². The van der Waals surface area contributed by atoms with Gasteiger partial charge in [0.1, 0.15) is 0 Å². The highest BCUT2D eigenvalue weighted by molar-refractivity contribution is 5.25. The van der Waals surface area contributed by atoms with Crippen LogP contribution in [0, 0.1) is 6.92 Å². The third kappa shape index (κ3) is 2.83. The average Bonchev–Trinajstić information content (AvgIpc) is 2.14. The smallest absolute Gasteiger partial charge is 0.0626 e. The summed E-state index contributed by atoms with van der Waals surface area (Å²) in [6.45, 7) is 5.12. The lowest BCUT2D eigenvalue weighted by Crippen LogP contribution is -2.23. The van der Waals surface area contributed by atoms with Crippen LogP contribution in [-0.4, -0.2) is 18.3 Å². The maximum absolute atomic E-state index is 9.14. The Morgan fingerprint density at radius 2 is 2.23 bits per heavy atom. The van der Waals surface area contributed by atoms with Crippen LogP contribution in [-0.2, 0) is 0 Å². The standard InChI is InChI=1S/C11H17NO/c1-3-12-11(8-13)10-6-4-5-9(2)7-10/h4-7,11-13H,3,8H2,1-2H3. The molecule has 0 heterocycles. The van der Waals surface area contributed by atoms with Crippen LogP contribution in [0.4, 0.5) is 0 Å². The first kappa shape index (κ1) is 10.2. The summed E-state index contributed by atoms with van der Waals surface area (Å²) < 4.78 is 0. The van der Waals surface area contributed by atoms with Gasteiger partial charge in [-0.25, -0.2) is 0 Å². The minimum absolute atomic E-state index is 0.0740. The fourth-order valence-corrected chi connectivity index (χ4v) is 1.42. The van der Waals surface area contributed by atoms with E-state index >= 15 is 0 Å². The molecule has 13 heavy (non-hydrogen) atoms. The summed E-state index contributed by atoms with van der Waals surface area (Å²) in [4.78, 5) is 0. The van der Waals surface area contributed by atoms with Crippen molar-refractivity contribution in [2.75, 3.05) is 13.2 Å². The van der Waals surface area contributed by atoms with Crippen molar-refractivity contribution >= 4 is 0 Å². The zero-order valence-electron chi connectivity index (χ0n) is 8.25. The zero-order valence-corrected chi connectivity index (χ0v) is 8.25. The number of likely N-dealkylation sites (N-methyl/N-ethyl adjacent to an activating group) is 1. The largest absolute Gasteiger partial charge is 0.394 e. The molecule has 1 aromatic carbocycles. The second kappa shape index (κ2) is 5.00. The van der Waals surface area contributed by atoms with Crippen LogP contribution < -0.4 is 5.32 Å². The number of hydrogen-bond donors (Lipinski definition) is 2. The molecular formula is C11H17NO. The topological polar surface area (TPSA) is 32.3 Å². The molecule has 1 aromatic rings. The molecule has 0 aliphatic rings. The predicted octanol–water partition coefficient (Wildman–Crippen LogP) is 1.64. The second-order valence-electron chi connectivity index (χ2n) is 3.21. The summed E-state index contributed by atoms with van der Waals surface area (Å²) in [5.74, 6) is 0. The third-order valence-electron chi connectivity index (χ3n) is 2.08. The van der Waals surface area contributed by atoms with E-state index < -0.39 is 0 Å². The number of rotatable bonds is 4. The SMILES string of the molecule is CCNC(CO)c1cccc(C)c1. The molecule has 0 aromatic heterocycles. The van der Waals surface area contributed by atoms with Crippen molar-refractivity contribution in [2.45, 2.75) is 19.9 Å². The highest BCUT2D eigenvalue weighted by atomic mass is 16.3. The minimum Gasteiger partial charge on any atom is -0.394 e. The Balaban J connectivity index is 2.78. The zero-order chi connectivity index (χ0) is 9.68. The number of benzene rings is 1. The molecule has 0 radical (unpaired) electrons. The fourth-order valence-electron chi connectivity index (χ4n) is 1.42. The number of aryl methyl sites for hydroxylation is 1. The van der Waals surface area contributed by atoms with Crippen LogP contribution in [0.2, 0.25) is 0 Å². The average molecular weight is 179 g/mol. The van der Waals surface area contributed by atoms with E-state index in [1.807, 2.05) is 19.1 Å². The van der Waals surface area contributed by atoms with Crippen molar-refractivity contribution in [1.29, 1.82) is 0 Å². The van der Waals surface area contributed by atoms with E-state index in [2.05, 4.69) is 24.4 Å². The van der Waals surface area contributed by atoms with Crippen LogP contribution in [0.15, 0.2) is 24.3 Å². The molecule has 0 spiro atoms. The number of nitrogens with one attached hydrogen (secondary N) is 1. The van der Waals surface area contributed by atoms with Gasteiger partial charge in [0, 0.05) is 0 Å². The molecule has 1 rings (SSSR count). The summed E-state index contributed by atoms with van der Waals surface area (Å²) in [7, 11) is 0. The third-order valence-corrected chi connectivity index (χ3v) is 2.08. The van der Waals surface area contributed by atoms with Crippen molar-refractivity contribution in [3.05, 3.63) is 35.4 Å². The van der Waals surface area contributed by atoms with E-state index in [9.17, 15) is 0 Å². The molecule has 0 bridgehead atoms. The van der Waals surface area contributed by atoms with E-state index in [1.54, 1.807) is 0 Å². The van der Waals surface area contributed by atoms with Crippen molar-refractivity contribution < 1.29 is 5.11 Å². The van der Waals surface area contributed by atoms with Crippen molar-refractivity contribution in [3.8, 4) is 0 Å². The highest BCUT2D eigenvalue weighted by Gasteiger charge is 2.07. The molecule has 2 heteroatoms. The van der Waals surface area contributed by atoms with Gasteiger partial charge in [-0.1, -0.05) is 36.8 Å². The summed E-state index contributed by atoms with van der Waals surface area (Å²) >= 11 is 0. The molecule has 2 nitrogen and oxygen atoms in total. The van der Waals surface area contributed by atoms with Gasteiger partial charge < -0.3 is 10.4 Å². The van der Waals surface area contributed by atoms with Crippen LogP contribution in [0.5, 0.6) is 0 Å². The number of aliphatic hydroxyl groups excluding tert-OH is 1. The fraction of sp³-hybridized carbons (Fsp3) is 0.455. The first-order valence-corrected chi connectivity index (χ1v) is 4.68. The molecular weight excluding hydrogens is 162 g/mol. The maximum atomic E-state index is 9.14. The van der Waals surface area contributed by atoms with Gasteiger partial charge >= 0.3 is 0 Å². The van der Waals surface area contributed by atoms with E-state index in [-0.39, 0.29) is 12.6 Å². The molecule has 0 saturated heterocycles. The number of aliphatic hydroxyl groups is 1. The predicted molar refractivity (Wildman–Crippen MR) is 54.7 cm³/mol. The van der Waals surface area contributed by atoms with Crippen molar-refractivity contribution in [3.63, 3.8) is 0 Å². The summed E-state index contributed by atoms with van der Waals surface area (Å²) in [6.07, 6.45) is 0. The lowest BCUT2D eigenvalue weighted by atomic mass is 10.1. The van der Waals surface area contributed by atoms with E-state index in [4.69, 9.17) is 5.11 Å². The number of hydrogen-bond acceptors (Lipinski definition) is 2. The summed E-state index contributed by atoms with van der Waals surface area (Å²) in [5, 5.41) is 12.4. The normalized spacial score (nSPS) is 12.8. The first-order valence-electron chi connectivity index (χ1n) is 4.68. The first-order chi connectivity index (χ1) is 6.27. The second-order valence-corrected chi connectivity index (χ2v) is 3.21. The minimum atomic E-state index is 0.0740. The van der Waals surface area contributed by atoms with Gasteiger partial charge in [0.15, 0.2) is 0 Å². The van der Waals surface area contributed by atoms with Gasteiger partial charge in [0.05, 0.1) is 12.6 Å². The quantitative estimate of drug-likeness (QED) is 0.736. The Morgan fingerprint density at radius 1 is 1.46 bits per heavy atom. The monoisotopic (exact) mass is 179 g/mol. The molecule has 0 aliphatic carbocycles. The van der Waals surface area contributed by atoms with Gasteiger partial charge in [-0.15, -0.1) is 0 Å². The molecule has 0 saturated carbocycles. The Kier molecular flexibility index (Phi) is 3.93. The Bertz CT molecular complexity index is 260. The molecule has 0 amide bonds. The Morgan fingerprint density at radius 3 is 2.77 bits per heavy atom. The lowest BCUT2D eigenvalue weighted by Gasteiger charge is -2.15. The van der Waals surface area contributed by atoms with Crippen LogP contribution in [0.3, 0.4) is 0 Å². The van der Waals surface area contributed by atoms with Crippen LogP contribution >= 0.6 is 0 Å².